The van der Waals surface area contributed by atoms with Crippen LogP contribution in [-0.4, -0.2) is 52.4 Å². The molecule has 1 heterocycles. The maximum atomic E-state index is 9.54. The van der Waals surface area contributed by atoms with Crippen LogP contribution >= 0.6 is 0 Å². The van der Waals surface area contributed by atoms with Crippen molar-refractivity contribution in [1.82, 2.24) is 0 Å². The van der Waals surface area contributed by atoms with E-state index in [1.807, 2.05) is 0 Å². The predicted molar refractivity (Wildman–Crippen MR) is 46.4 cm³/mol. The molecule has 5 atom stereocenters. The minimum absolute atomic E-state index is 0.379. The van der Waals surface area contributed by atoms with Gasteiger partial charge < -0.3 is 20.1 Å². The molecule has 0 aromatic carbocycles. The molecule has 1 saturated heterocycles. The van der Waals surface area contributed by atoms with Crippen LogP contribution in [-0.2, 0) is 4.74 Å². The quantitative estimate of drug-likeness (QED) is 0.308. The Labute approximate surface area is 80.6 Å². The number of nitrogens with zero attached hydrogens (tertiary/aromatic N) is 3. The standard InChI is InChI=1S/C7H13N3O4/c1-3-6(12)5(9-10-8)7(13)4(2-11)14-3/h3-7,11-13H,2H2,1H3/t3-,4?,5?,6+,7+/m0/s1. The first kappa shape index (κ1) is 11.2. The van der Waals surface area contributed by atoms with E-state index in [1.165, 1.54) is 0 Å². The molecule has 1 aliphatic rings. The maximum Gasteiger partial charge on any atom is 0.107 e. The van der Waals surface area contributed by atoms with Crippen molar-refractivity contribution in [1.29, 1.82) is 0 Å². The molecule has 3 N–H and O–H groups in total. The Kier molecular flexibility index (Phi) is 3.68. The zero-order valence-corrected chi connectivity index (χ0v) is 7.69. The van der Waals surface area contributed by atoms with Crippen LogP contribution in [0.5, 0.6) is 0 Å². The fourth-order valence-corrected chi connectivity index (χ4v) is 1.48. The number of hydrogen-bond acceptors (Lipinski definition) is 5. The van der Waals surface area contributed by atoms with Gasteiger partial charge in [-0.2, -0.15) is 0 Å². The van der Waals surface area contributed by atoms with Gasteiger partial charge in [0.2, 0.25) is 0 Å². The van der Waals surface area contributed by atoms with Gasteiger partial charge in [-0.05, 0) is 12.5 Å². The normalized spacial score (nSPS) is 43.0. The van der Waals surface area contributed by atoms with Crippen LogP contribution in [0, 0.1) is 0 Å². The summed E-state index contributed by atoms with van der Waals surface area (Å²) in [6, 6.07) is -0.971. The van der Waals surface area contributed by atoms with Gasteiger partial charge in [-0.25, -0.2) is 0 Å². The first-order chi connectivity index (χ1) is 6.61. The molecule has 14 heavy (non-hydrogen) atoms. The zero-order chi connectivity index (χ0) is 10.7. The Morgan fingerprint density at radius 1 is 1.43 bits per heavy atom. The van der Waals surface area contributed by atoms with Crippen LogP contribution in [0.4, 0.5) is 0 Å². The van der Waals surface area contributed by atoms with E-state index in [0.717, 1.165) is 0 Å². The molecule has 0 saturated carbocycles. The first-order valence-electron chi connectivity index (χ1n) is 4.28. The molecule has 0 spiro atoms. The molecule has 0 bridgehead atoms. The number of ether oxygens (including phenoxy) is 1. The van der Waals surface area contributed by atoms with E-state index >= 15 is 0 Å². The van der Waals surface area contributed by atoms with Crippen molar-refractivity contribution in [3.8, 4) is 0 Å². The van der Waals surface area contributed by atoms with Crippen molar-refractivity contribution in [3.63, 3.8) is 0 Å². The van der Waals surface area contributed by atoms with E-state index in [2.05, 4.69) is 10.0 Å². The lowest BCUT2D eigenvalue weighted by atomic mass is 9.94. The molecule has 0 aromatic rings. The molecule has 1 fully saturated rings. The summed E-state index contributed by atoms with van der Waals surface area (Å²) in [5.41, 5.74) is 8.23. The lowest BCUT2D eigenvalue weighted by Crippen LogP contribution is -2.56. The number of hydrogen-bond donors (Lipinski definition) is 3. The van der Waals surface area contributed by atoms with Gasteiger partial charge in [-0.15, -0.1) is 0 Å². The zero-order valence-electron chi connectivity index (χ0n) is 7.69. The third-order valence-electron chi connectivity index (χ3n) is 2.32. The minimum atomic E-state index is -1.18. The van der Waals surface area contributed by atoms with E-state index in [1.54, 1.807) is 6.92 Å². The molecule has 80 valence electrons. The molecule has 0 amide bonds. The highest BCUT2D eigenvalue weighted by molar-refractivity contribution is 4.95. The highest BCUT2D eigenvalue weighted by atomic mass is 16.5. The van der Waals surface area contributed by atoms with Crippen LogP contribution in [0.1, 0.15) is 6.92 Å². The second-order valence-corrected chi connectivity index (χ2v) is 3.24. The molecule has 0 aliphatic carbocycles. The summed E-state index contributed by atoms with van der Waals surface area (Å²) in [7, 11) is 0. The number of rotatable bonds is 2. The average molecular weight is 203 g/mol. The van der Waals surface area contributed by atoms with Gasteiger partial charge in [0.25, 0.3) is 0 Å². The Balaban J connectivity index is 2.82. The predicted octanol–water partition coefficient (Wildman–Crippen LogP) is -0.833. The van der Waals surface area contributed by atoms with Crippen molar-refractivity contribution in [2.45, 2.75) is 37.4 Å². The molecule has 2 unspecified atom stereocenters. The summed E-state index contributed by atoms with van der Waals surface area (Å²) in [4.78, 5) is 2.53. The Morgan fingerprint density at radius 2 is 2.07 bits per heavy atom. The molecular formula is C7H13N3O4. The molecule has 0 aromatic heterocycles. The van der Waals surface area contributed by atoms with E-state index < -0.39 is 30.5 Å². The third kappa shape index (κ3) is 1.97. The largest absolute Gasteiger partial charge is 0.394 e. The van der Waals surface area contributed by atoms with Crippen LogP contribution in [0.2, 0.25) is 0 Å². The van der Waals surface area contributed by atoms with E-state index in [0.29, 0.717) is 0 Å². The van der Waals surface area contributed by atoms with Crippen molar-refractivity contribution >= 4 is 0 Å². The number of azide groups is 1. The van der Waals surface area contributed by atoms with E-state index in [4.69, 9.17) is 15.4 Å². The van der Waals surface area contributed by atoms with Crippen LogP contribution < -0.4 is 0 Å². The lowest BCUT2D eigenvalue weighted by Gasteiger charge is -2.39. The number of aliphatic hydroxyl groups is 3. The summed E-state index contributed by atoms with van der Waals surface area (Å²) in [6.07, 6.45) is -3.62. The van der Waals surface area contributed by atoms with E-state index in [9.17, 15) is 10.2 Å². The highest BCUT2D eigenvalue weighted by Gasteiger charge is 2.41. The monoisotopic (exact) mass is 203 g/mol. The smallest absolute Gasteiger partial charge is 0.107 e. The van der Waals surface area contributed by atoms with Crippen molar-refractivity contribution in [2.24, 2.45) is 5.11 Å². The number of aliphatic hydroxyl groups excluding tert-OH is 3. The van der Waals surface area contributed by atoms with Gasteiger partial charge in [0.1, 0.15) is 6.10 Å². The Hall–Kier alpha value is -0.850. The molecule has 7 nitrogen and oxygen atoms in total. The maximum absolute atomic E-state index is 9.54. The topological polar surface area (TPSA) is 119 Å². The Morgan fingerprint density at radius 3 is 2.57 bits per heavy atom. The third-order valence-corrected chi connectivity index (χ3v) is 2.32. The van der Waals surface area contributed by atoms with Gasteiger partial charge in [0, 0.05) is 4.91 Å². The lowest BCUT2D eigenvalue weighted by molar-refractivity contribution is -0.182. The van der Waals surface area contributed by atoms with E-state index in [-0.39, 0.29) is 6.61 Å². The van der Waals surface area contributed by atoms with Gasteiger partial charge in [0.15, 0.2) is 0 Å². The Bertz CT molecular complexity index is 243. The second kappa shape index (κ2) is 4.59. The van der Waals surface area contributed by atoms with Crippen molar-refractivity contribution in [2.75, 3.05) is 6.61 Å². The summed E-state index contributed by atoms with van der Waals surface area (Å²) >= 11 is 0. The first-order valence-corrected chi connectivity index (χ1v) is 4.28. The summed E-state index contributed by atoms with van der Waals surface area (Å²) in [6.45, 7) is 1.20. The van der Waals surface area contributed by atoms with Gasteiger partial charge in [-0.3, -0.25) is 0 Å². The van der Waals surface area contributed by atoms with Gasteiger partial charge in [0.05, 0.1) is 31.0 Å². The summed E-state index contributed by atoms with van der Waals surface area (Å²) in [5.74, 6) is 0. The van der Waals surface area contributed by atoms with Crippen LogP contribution in [0.3, 0.4) is 0 Å². The molecule has 0 radical (unpaired) electrons. The minimum Gasteiger partial charge on any atom is -0.394 e. The fourth-order valence-electron chi connectivity index (χ4n) is 1.48. The summed E-state index contributed by atoms with van der Waals surface area (Å²) in [5, 5.41) is 31.2. The molecule has 7 heteroatoms. The molecule has 1 rings (SSSR count). The highest BCUT2D eigenvalue weighted by Crippen LogP contribution is 2.23. The van der Waals surface area contributed by atoms with Crippen LogP contribution in [0.25, 0.3) is 10.4 Å². The fraction of sp³-hybridized carbons (Fsp3) is 1.00. The summed E-state index contributed by atoms with van der Waals surface area (Å²) < 4.78 is 5.10. The SMILES string of the molecule is C[C@@H]1OC(CO)[C@@H](O)C(N=[N+]=[N-])[C@@H]1O. The van der Waals surface area contributed by atoms with Crippen molar-refractivity contribution < 1.29 is 20.1 Å². The molecule has 1 aliphatic heterocycles. The second-order valence-electron chi connectivity index (χ2n) is 3.24. The average Bonchev–Trinajstić information content (AvgIpc) is 2.18. The van der Waals surface area contributed by atoms with Gasteiger partial charge >= 0.3 is 0 Å². The molecular weight excluding hydrogens is 190 g/mol. The van der Waals surface area contributed by atoms with Crippen LogP contribution in [0.15, 0.2) is 5.11 Å². The van der Waals surface area contributed by atoms with Gasteiger partial charge in [-0.1, -0.05) is 5.11 Å². The van der Waals surface area contributed by atoms with Crippen molar-refractivity contribution in [3.05, 3.63) is 10.4 Å².